The molecular formula is C16H13F6N3O3. The summed E-state index contributed by atoms with van der Waals surface area (Å²) < 4.78 is 83.3. The van der Waals surface area contributed by atoms with Crippen molar-refractivity contribution < 1.29 is 40.7 Å². The lowest BCUT2D eigenvalue weighted by atomic mass is 10.1. The molecule has 0 aliphatic carbocycles. The first-order valence-corrected chi connectivity index (χ1v) is 7.65. The van der Waals surface area contributed by atoms with Crippen molar-refractivity contribution in [2.75, 3.05) is 11.9 Å². The number of aromatic nitrogens is 2. The predicted octanol–water partition coefficient (Wildman–Crippen LogP) is 3.89. The quantitative estimate of drug-likeness (QED) is 0.615. The number of hydrogen-bond acceptors (Lipinski definition) is 4. The molecule has 0 saturated heterocycles. The van der Waals surface area contributed by atoms with Gasteiger partial charge in [0, 0.05) is 13.2 Å². The van der Waals surface area contributed by atoms with E-state index < -0.39 is 52.3 Å². The minimum Gasteiger partial charge on any atom is -0.462 e. The molecule has 0 aliphatic heterocycles. The molecule has 0 bridgehead atoms. The Bertz CT molecular complexity index is 902. The molecule has 28 heavy (non-hydrogen) atoms. The molecule has 152 valence electrons. The maximum atomic E-state index is 13.0. The fourth-order valence-corrected chi connectivity index (χ4v) is 2.26. The number of anilines is 1. The molecule has 0 spiro atoms. The zero-order chi connectivity index (χ0) is 21.3. The third kappa shape index (κ3) is 4.61. The molecule has 1 heterocycles. The number of carbonyl (C=O) groups excluding carboxylic acids is 2. The van der Waals surface area contributed by atoms with Crippen LogP contribution >= 0.6 is 0 Å². The number of benzene rings is 1. The highest BCUT2D eigenvalue weighted by atomic mass is 19.4. The van der Waals surface area contributed by atoms with Gasteiger partial charge in [0.2, 0.25) is 0 Å². The molecule has 2 rings (SSSR count). The van der Waals surface area contributed by atoms with E-state index in [1.54, 1.807) is 0 Å². The summed E-state index contributed by atoms with van der Waals surface area (Å²) in [6, 6.07) is 1.80. The number of hydrogen-bond donors (Lipinski definition) is 1. The molecule has 2 aromatic rings. The average Bonchev–Trinajstić information content (AvgIpc) is 2.96. The molecule has 1 aromatic carbocycles. The first-order chi connectivity index (χ1) is 12.8. The number of rotatable bonds is 4. The van der Waals surface area contributed by atoms with E-state index in [1.165, 1.54) is 6.92 Å². The smallest absolute Gasteiger partial charge is 0.435 e. The summed E-state index contributed by atoms with van der Waals surface area (Å²) in [7, 11) is 1.14. The molecule has 1 amide bonds. The number of halogens is 6. The van der Waals surface area contributed by atoms with Gasteiger partial charge in [-0.05, 0) is 25.1 Å². The number of carbonyl (C=O) groups is 2. The standard InChI is InChI=1S/C16H13F6N3O3/c1-3-28-14(27)9-5-4-8(15(17,18)19)6-11(9)23-13(26)10-7-25(2)24-12(10)16(20,21)22/h4-7H,3H2,1-2H3,(H,23,26). The molecular weight excluding hydrogens is 396 g/mol. The highest BCUT2D eigenvalue weighted by Crippen LogP contribution is 2.34. The lowest BCUT2D eigenvalue weighted by Crippen LogP contribution is -2.20. The van der Waals surface area contributed by atoms with Crippen molar-refractivity contribution in [3.8, 4) is 0 Å². The van der Waals surface area contributed by atoms with Crippen LogP contribution in [0.1, 0.15) is 38.9 Å². The van der Waals surface area contributed by atoms with E-state index >= 15 is 0 Å². The molecule has 0 unspecified atom stereocenters. The Morgan fingerprint density at radius 3 is 2.29 bits per heavy atom. The second-order valence-electron chi connectivity index (χ2n) is 5.50. The van der Waals surface area contributed by atoms with Crippen LogP contribution in [0.3, 0.4) is 0 Å². The van der Waals surface area contributed by atoms with E-state index in [0.717, 1.165) is 24.0 Å². The van der Waals surface area contributed by atoms with Gasteiger partial charge in [0.05, 0.1) is 29.0 Å². The van der Waals surface area contributed by atoms with Crippen LogP contribution in [0.25, 0.3) is 0 Å². The molecule has 1 N–H and O–H groups in total. The van der Waals surface area contributed by atoms with Crippen LogP contribution in [0.2, 0.25) is 0 Å². The number of nitrogens with zero attached hydrogens (tertiary/aromatic N) is 2. The van der Waals surface area contributed by atoms with Crippen LogP contribution in [0.4, 0.5) is 32.0 Å². The monoisotopic (exact) mass is 409 g/mol. The normalized spacial score (nSPS) is 12.0. The van der Waals surface area contributed by atoms with E-state index in [1.807, 2.05) is 5.32 Å². The topological polar surface area (TPSA) is 73.2 Å². The van der Waals surface area contributed by atoms with E-state index in [0.29, 0.717) is 12.1 Å². The van der Waals surface area contributed by atoms with Gasteiger partial charge in [-0.25, -0.2) is 4.79 Å². The number of amides is 1. The summed E-state index contributed by atoms with van der Waals surface area (Å²) in [5.41, 5.74) is -4.73. The van der Waals surface area contributed by atoms with E-state index in [9.17, 15) is 35.9 Å². The van der Waals surface area contributed by atoms with Gasteiger partial charge >= 0.3 is 18.3 Å². The Morgan fingerprint density at radius 1 is 1.11 bits per heavy atom. The first-order valence-electron chi connectivity index (χ1n) is 7.65. The second-order valence-corrected chi connectivity index (χ2v) is 5.50. The van der Waals surface area contributed by atoms with Crippen LogP contribution < -0.4 is 5.32 Å². The number of esters is 1. The molecule has 6 nitrogen and oxygen atoms in total. The summed E-state index contributed by atoms with van der Waals surface area (Å²) in [6.45, 7) is 1.35. The van der Waals surface area contributed by atoms with Crippen molar-refractivity contribution in [2.24, 2.45) is 7.05 Å². The summed E-state index contributed by atoms with van der Waals surface area (Å²) in [6.07, 6.45) is -9.01. The second kappa shape index (κ2) is 7.52. The third-order valence-electron chi connectivity index (χ3n) is 3.43. The SMILES string of the molecule is CCOC(=O)c1ccc(C(F)(F)F)cc1NC(=O)c1cn(C)nc1C(F)(F)F. The van der Waals surface area contributed by atoms with E-state index in [-0.39, 0.29) is 6.61 Å². The fourth-order valence-electron chi connectivity index (χ4n) is 2.26. The molecule has 12 heteroatoms. The number of alkyl halides is 6. The lowest BCUT2D eigenvalue weighted by Gasteiger charge is -2.14. The Labute approximate surface area is 154 Å². The molecule has 0 atom stereocenters. The van der Waals surface area contributed by atoms with E-state index in [2.05, 4.69) is 5.10 Å². The van der Waals surface area contributed by atoms with Gasteiger partial charge in [-0.15, -0.1) is 0 Å². The van der Waals surface area contributed by atoms with Crippen LogP contribution in [-0.4, -0.2) is 28.3 Å². The molecule has 0 aliphatic rings. The summed E-state index contributed by atoms with van der Waals surface area (Å²) >= 11 is 0. The maximum absolute atomic E-state index is 13.0. The Hall–Kier alpha value is -3.05. The Balaban J connectivity index is 2.49. The largest absolute Gasteiger partial charge is 0.462 e. The van der Waals surface area contributed by atoms with Gasteiger partial charge in [-0.2, -0.15) is 31.4 Å². The fraction of sp³-hybridized carbons (Fsp3) is 0.312. The van der Waals surface area contributed by atoms with Gasteiger partial charge in [0.15, 0.2) is 5.69 Å². The molecule has 0 fully saturated rings. The van der Waals surface area contributed by atoms with Crippen molar-refractivity contribution >= 4 is 17.6 Å². The van der Waals surface area contributed by atoms with Gasteiger partial charge < -0.3 is 10.1 Å². The van der Waals surface area contributed by atoms with Crippen LogP contribution in [0.15, 0.2) is 24.4 Å². The van der Waals surface area contributed by atoms with Crippen molar-refractivity contribution in [3.63, 3.8) is 0 Å². The number of nitrogens with one attached hydrogen (secondary N) is 1. The zero-order valence-electron chi connectivity index (χ0n) is 14.4. The summed E-state index contributed by atoms with van der Waals surface area (Å²) in [4.78, 5) is 24.2. The van der Waals surface area contributed by atoms with Gasteiger partial charge in [-0.3, -0.25) is 9.48 Å². The third-order valence-corrected chi connectivity index (χ3v) is 3.43. The highest BCUT2D eigenvalue weighted by molar-refractivity contribution is 6.08. The lowest BCUT2D eigenvalue weighted by molar-refractivity contribution is -0.141. The number of ether oxygens (including phenoxy) is 1. The minimum atomic E-state index is -4.97. The average molecular weight is 409 g/mol. The van der Waals surface area contributed by atoms with Gasteiger partial charge in [0.25, 0.3) is 5.91 Å². The predicted molar refractivity (Wildman–Crippen MR) is 83.6 cm³/mol. The maximum Gasteiger partial charge on any atom is 0.435 e. The molecule has 0 radical (unpaired) electrons. The van der Waals surface area contributed by atoms with Crippen LogP contribution in [0, 0.1) is 0 Å². The minimum absolute atomic E-state index is 0.103. The summed E-state index contributed by atoms with van der Waals surface area (Å²) in [5, 5.41) is 5.06. The van der Waals surface area contributed by atoms with E-state index in [4.69, 9.17) is 4.74 Å². The first kappa shape index (κ1) is 21.3. The van der Waals surface area contributed by atoms with Crippen molar-refractivity contribution in [2.45, 2.75) is 19.3 Å². The van der Waals surface area contributed by atoms with Gasteiger partial charge in [0.1, 0.15) is 0 Å². The molecule has 0 saturated carbocycles. The zero-order valence-corrected chi connectivity index (χ0v) is 14.4. The number of aryl methyl sites for hydroxylation is 1. The van der Waals surface area contributed by atoms with Crippen molar-refractivity contribution in [1.29, 1.82) is 0 Å². The van der Waals surface area contributed by atoms with Crippen molar-refractivity contribution in [3.05, 3.63) is 46.8 Å². The Morgan fingerprint density at radius 2 is 1.75 bits per heavy atom. The Kier molecular flexibility index (Phi) is 5.71. The van der Waals surface area contributed by atoms with Crippen molar-refractivity contribution in [1.82, 2.24) is 9.78 Å². The molecule has 1 aromatic heterocycles. The van der Waals surface area contributed by atoms with Crippen LogP contribution in [0.5, 0.6) is 0 Å². The van der Waals surface area contributed by atoms with Crippen LogP contribution in [-0.2, 0) is 24.1 Å². The summed E-state index contributed by atoms with van der Waals surface area (Å²) in [5.74, 6) is -2.43. The highest BCUT2D eigenvalue weighted by Gasteiger charge is 2.39. The van der Waals surface area contributed by atoms with Gasteiger partial charge in [-0.1, -0.05) is 0 Å².